The van der Waals surface area contributed by atoms with Crippen LogP contribution in [0.2, 0.25) is 0 Å². The summed E-state index contributed by atoms with van der Waals surface area (Å²) in [6, 6.07) is 19.6. The average Bonchev–Trinajstić information content (AvgIpc) is 3.09. The van der Waals surface area contributed by atoms with E-state index in [9.17, 15) is 4.79 Å². The first-order valence-electron chi connectivity index (χ1n) is 10.8. The molecule has 7 heteroatoms. The summed E-state index contributed by atoms with van der Waals surface area (Å²) in [5, 5.41) is 9.05. The zero-order valence-corrected chi connectivity index (χ0v) is 17.9. The van der Waals surface area contributed by atoms with Gasteiger partial charge >= 0.3 is 0 Å². The van der Waals surface area contributed by atoms with Gasteiger partial charge in [0.15, 0.2) is 0 Å². The van der Waals surface area contributed by atoms with Gasteiger partial charge in [0.1, 0.15) is 0 Å². The molecule has 1 amide bonds. The molecule has 1 aromatic heterocycles. The fraction of sp³-hybridized carbons (Fsp3) is 0.375. The van der Waals surface area contributed by atoms with Crippen LogP contribution >= 0.6 is 0 Å². The largest absolute Gasteiger partial charge is 0.341 e. The highest BCUT2D eigenvalue weighted by molar-refractivity contribution is 5.97. The van der Waals surface area contributed by atoms with E-state index in [0.29, 0.717) is 13.0 Å². The van der Waals surface area contributed by atoms with Crippen molar-refractivity contribution < 1.29 is 4.79 Å². The Bertz CT molecular complexity index is 1020. The van der Waals surface area contributed by atoms with E-state index in [1.54, 1.807) is 4.90 Å². The van der Waals surface area contributed by atoms with Gasteiger partial charge in [0.05, 0.1) is 29.6 Å². The standard InChI is InChI=1S/C24H28N6O/c1-19(23(31)30(16-7-13-25)20-9-3-2-4-10-20)28-14-8-15-29(18-17-28)24-26-21-11-5-6-12-22(21)27-24/h2-6,9-12,19H,7-8,14-18H2,1H3,(H,26,27). The summed E-state index contributed by atoms with van der Waals surface area (Å²) in [4.78, 5) is 27.8. The number of fused-ring (bicyclic) bond motifs is 1. The van der Waals surface area contributed by atoms with Gasteiger partial charge in [-0.1, -0.05) is 30.3 Å². The molecule has 1 aliphatic heterocycles. The second-order valence-corrected chi connectivity index (χ2v) is 7.86. The van der Waals surface area contributed by atoms with Gasteiger partial charge in [-0.15, -0.1) is 0 Å². The number of H-pyrrole nitrogens is 1. The smallest absolute Gasteiger partial charge is 0.244 e. The fourth-order valence-electron chi connectivity index (χ4n) is 4.14. The highest BCUT2D eigenvalue weighted by atomic mass is 16.2. The van der Waals surface area contributed by atoms with E-state index in [-0.39, 0.29) is 11.9 Å². The van der Waals surface area contributed by atoms with E-state index >= 15 is 0 Å². The van der Waals surface area contributed by atoms with Crippen molar-refractivity contribution in [1.82, 2.24) is 14.9 Å². The highest BCUT2D eigenvalue weighted by Gasteiger charge is 2.28. The fourth-order valence-corrected chi connectivity index (χ4v) is 4.14. The monoisotopic (exact) mass is 416 g/mol. The number of nitrogens with zero attached hydrogens (tertiary/aromatic N) is 5. The maximum atomic E-state index is 13.4. The second-order valence-electron chi connectivity index (χ2n) is 7.86. The van der Waals surface area contributed by atoms with E-state index in [0.717, 1.165) is 55.3 Å². The molecule has 3 aromatic rings. The predicted molar refractivity (Wildman–Crippen MR) is 123 cm³/mol. The van der Waals surface area contributed by atoms with Gasteiger partial charge < -0.3 is 14.8 Å². The van der Waals surface area contributed by atoms with Crippen LogP contribution < -0.4 is 9.80 Å². The van der Waals surface area contributed by atoms with Crippen LogP contribution in [-0.2, 0) is 4.79 Å². The molecule has 0 saturated carbocycles. The molecule has 1 atom stereocenters. The van der Waals surface area contributed by atoms with Crippen molar-refractivity contribution in [3.8, 4) is 6.07 Å². The molecule has 0 spiro atoms. The minimum absolute atomic E-state index is 0.0404. The summed E-state index contributed by atoms with van der Waals surface area (Å²) in [5.74, 6) is 0.931. The Morgan fingerprint density at radius 1 is 1.13 bits per heavy atom. The number of benzene rings is 2. The Hall–Kier alpha value is -3.37. The first kappa shape index (κ1) is 20.9. The van der Waals surface area contributed by atoms with E-state index in [1.807, 2.05) is 61.5 Å². The molecule has 31 heavy (non-hydrogen) atoms. The van der Waals surface area contributed by atoms with Crippen LogP contribution in [0.25, 0.3) is 11.0 Å². The maximum absolute atomic E-state index is 13.4. The minimum atomic E-state index is -0.255. The van der Waals surface area contributed by atoms with Crippen molar-refractivity contribution in [2.75, 3.05) is 42.5 Å². The Morgan fingerprint density at radius 2 is 1.90 bits per heavy atom. The number of aromatic nitrogens is 2. The minimum Gasteiger partial charge on any atom is -0.341 e. The lowest BCUT2D eigenvalue weighted by atomic mass is 10.2. The van der Waals surface area contributed by atoms with Crippen LogP contribution in [0.3, 0.4) is 0 Å². The molecule has 7 nitrogen and oxygen atoms in total. The first-order chi connectivity index (χ1) is 15.2. The summed E-state index contributed by atoms with van der Waals surface area (Å²) in [6.45, 7) is 5.72. The summed E-state index contributed by atoms with van der Waals surface area (Å²) in [5.41, 5.74) is 2.85. The third-order valence-corrected chi connectivity index (χ3v) is 5.89. The van der Waals surface area contributed by atoms with Gasteiger partial charge in [0.2, 0.25) is 11.9 Å². The highest BCUT2D eigenvalue weighted by Crippen LogP contribution is 2.21. The van der Waals surface area contributed by atoms with Crippen molar-refractivity contribution in [1.29, 1.82) is 5.26 Å². The summed E-state index contributed by atoms with van der Waals surface area (Å²) < 4.78 is 0. The van der Waals surface area contributed by atoms with Crippen molar-refractivity contribution in [3.63, 3.8) is 0 Å². The Morgan fingerprint density at radius 3 is 2.68 bits per heavy atom. The Labute approximate surface area is 182 Å². The molecule has 0 aliphatic carbocycles. The van der Waals surface area contributed by atoms with Crippen molar-refractivity contribution in [2.45, 2.75) is 25.8 Å². The number of hydrogen-bond acceptors (Lipinski definition) is 5. The molecule has 1 unspecified atom stereocenters. The number of para-hydroxylation sites is 3. The zero-order chi connectivity index (χ0) is 21.6. The van der Waals surface area contributed by atoms with Crippen molar-refractivity contribution in [3.05, 3.63) is 54.6 Å². The Kier molecular flexibility index (Phi) is 6.48. The van der Waals surface area contributed by atoms with Crippen LogP contribution in [0.15, 0.2) is 54.6 Å². The first-order valence-corrected chi connectivity index (χ1v) is 10.8. The lowest BCUT2D eigenvalue weighted by Crippen LogP contribution is -2.48. The lowest BCUT2D eigenvalue weighted by molar-refractivity contribution is -0.123. The van der Waals surface area contributed by atoms with E-state index in [4.69, 9.17) is 10.2 Å². The van der Waals surface area contributed by atoms with Gasteiger partial charge in [0, 0.05) is 38.4 Å². The number of aromatic amines is 1. The molecule has 160 valence electrons. The molecule has 4 rings (SSSR count). The van der Waals surface area contributed by atoms with Gasteiger partial charge in [-0.05, 0) is 37.6 Å². The van der Waals surface area contributed by atoms with E-state index < -0.39 is 0 Å². The van der Waals surface area contributed by atoms with Crippen molar-refractivity contribution >= 4 is 28.6 Å². The molecule has 2 heterocycles. The summed E-state index contributed by atoms with van der Waals surface area (Å²) in [6.07, 6.45) is 1.27. The van der Waals surface area contributed by atoms with Crippen LogP contribution in [0.1, 0.15) is 19.8 Å². The zero-order valence-electron chi connectivity index (χ0n) is 17.9. The van der Waals surface area contributed by atoms with Crippen LogP contribution in [0.4, 0.5) is 11.6 Å². The molecular weight excluding hydrogens is 388 g/mol. The molecule has 1 aliphatic rings. The number of anilines is 2. The van der Waals surface area contributed by atoms with Gasteiger partial charge in [-0.25, -0.2) is 4.98 Å². The molecular formula is C24H28N6O. The quantitative estimate of drug-likeness (QED) is 0.666. The number of carbonyl (C=O) groups is 1. The third-order valence-electron chi connectivity index (χ3n) is 5.89. The topological polar surface area (TPSA) is 79.3 Å². The molecule has 0 radical (unpaired) electrons. The number of nitrogens with one attached hydrogen (secondary N) is 1. The predicted octanol–water partition coefficient (Wildman–Crippen LogP) is 3.41. The lowest BCUT2D eigenvalue weighted by Gasteiger charge is -2.32. The molecule has 1 saturated heterocycles. The number of hydrogen-bond donors (Lipinski definition) is 1. The second kappa shape index (κ2) is 9.63. The summed E-state index contributed by atoms with van der Waals surface area (Å²) in [7, 11) is 0. The number of carbonyl (C=O) groups excluding carboxylic acids is 1. The van der Waals surface area contributed by atoms with Gasteiger partial charge in [-0.2, -0.15) is 5.26 Å². The number of imidazole rings is 1. The molecule has 0 bridgehead atoms. The van der Waals surface area contributed by atoms with E-state index in [2.05, 4.69) is 20.9 Å². The molecule has 1 fully saturated rings. The van der Waals surface area contributed by atoms with Crippen LogP contribution in [-0.4, -0.2) is 59.5 Å². The molecule has 1 N–H and O–H groups in total. The average molecular weight is 417 g/mol. The normalized spacial score (nSPS) is 15.9. The van der Waals surface area contributed by atoms with E-state index in [1.165, 1.54) is 0 Å². The third kappa shape index (κ3) is 4.70. The van der Waals surface area contributed by atoms with Crippen LogP contribution in [0.5, 0.6) is 0 Å². The van der Waals surface area contributed by atoms with Crippen molar-refractivity contribution in [2.24, 2.45) is 0 Å². The SMILES string of the molecule is CC(C(=O)N(CCC#N)c1ccccc1)N1CCCN(c2nc3ccccc3[nH]2)CC1. The number of nitriles is 1. The summed E-state index contributed by atoms with van der Waals surface area (Å²) >= 11 is 0. The maximum Gasteiger partial charge on any atom is 0.244 e. The number of rotatable bonds is 6. The number of amides is 1. The van der Waals surface area contributed by atoms with Crippen LogP contribution in [0, 0.1) is 11.3 Å². The van der Waals surface area contributed by atoms with Gasteiger partial charge in [-0.3, -0.25) is 9.69 Å². The Balaban J connectivity index is 1.45. The molecule has 2 aromatic carbocycles. The van der Waals surface area contributed by atoms with Gasteiger partial charge in [0.25, 0.3) is 0 Å².